The number of carbonyl (C=O) groups is 1. The van der Waals surface area contributed by atoms with E-state index in [2.05, 4.69) is 31.7 Å². The summed E-state index contributed by atoms with van der Waals surface area (Å²) in [5.41, 5.74) is 5.38. The average molecular weight is 294 g/mol. The molecule has 4 rings (SSSR count). The molecule has 114 valence electrons. The monoisotopic (exact) mass is 294 g/mol. The third-order valence-corrected chi connectivity index (χ3v) is 6.15. The highest BCUT2D eigenvalue weighted by atomic mass is 16.5. The Hall–Kier alpha value is -1.83. The summed E-state index contributed by atoms with van der Waals surface area (Å²) >= 11 is 0. The van der Waals surface area contributed by atoms with Gasteiger partial charge in [-0.05, 0) is 71.4 Å². The first-order valence-electron chi connectivity index (χ1n) is 8.15. The maximum atomic E-state index is 11.8. The number of carbonyl (C=O) groups excluding carboxylic acids is 1. The summed E-state index contributed by atoms with van der Waals surface area (Å²) in [6.45, 7) is 6.79. The highest BCUT2D eigenvalue weighted by Crippen LogP contribution is 2.63. The molecule has 1 saturated carbocycles. The number of ketones is 1. The van der Waals surface area contributed by atoms with Crippen LogP contribution in [-0.2, 0) is 4.79 Å². The van der Waals surface area contributed by atoms with Crippen molar-refractivity contribution >= 4 is 11.4 Å². The summed E-state index contributed by atoms with van der Waals surface area (Å²) in [6.07, 6.45) is 5.73. The van der Waals surface area contributed by atoms with Gasteiger partial charge in [-0.3, -0.25) is 4.79 Å². The van der Waals surface area contributed by atoms with Crippen molar-refractivity contribution in [2.24, 2.45) is 11.3 Å². The Balaban J connectivity index is 1.83. The van der Waals surface area contributed by atoms with E-state index >= 15 is 0 Å². The van der Waals surface area contributed by atoms with Crippen molar-refractivity contribution in [2.75, 3.05) is 7.11 Å². The summed E-state index contributed by atoms with van der Waals surface area (Å²) in [5.74, 6) is 2.18. The van der Waals surface area contributed by atoms with Crippen molar-refractivity contribution in [1.29, 1.82) is 0 Å². The number of methoxy groups -OCH3 is 1. The van der Waals surface area contributed by atoms with Crippen LogP contribution in [0.3, 0.4) is 0 Å². The molecule has 22 heavy (non-hydrogen) atoms. The molecule has 0 N–H and O–H groups in total. The van der Waals surface area contributed by atoms with Gasteiger partial charge >= 0.3 is 0 Å². The lowest BCUT2D eigenvalue weighted by Gasteiger charge is -2.47. The van der Waals surface area contributed by atoms with Crippen LogP contribution in [0.15, 0.2) is 36.4 Å². The van der Waals surface area contributed by atoms with Gasteiger partial charge in [-0.2, -0.15) is 0 Å². The minimum Gasteiger partial charge on any atom is -0.497 e. The lowest BCUT2D eigenvalue weighted by Crippen LogP contribution is -2.38. The molecule has 1 aromatic rings. The van der Waals surface area contributed by atoms with Crippen molar-refractivity contribution in [3.05, 3.63) is 47.6 Å². The van der Waals surface area contributed by atoms with Crippen molar-refractivity contribution in [2.45, 2.75) is 38.5 Å². The quantitative estimate of drug-likeness (QED) is 0.761. The first kappa shape index (κ1) is 13.8. The van der Waals surface area contributed by atoms with E-state index in [4.69, 9.17) is 4.74 Å². The third kappa shape index (κ3) is 1.70. The van der Waals surface area contributed by atoms with Crippen LogP contribution in [0.4, 0.5) is 0 Å². The third-order valence-electron chi connectivity index (χ3n) is 6.15. The maximum Gasteiger partial charge on any atom is 0.155 e. The predicted molar refractivity (Wildman–Crippen MR) is 87.9 cm³/mol. The van der Waals surface area contributed by atoms with Gasteiger partial charge in [0.25, 0.3) is 0 Å². The summed E-state index contributed by atoms with van der Waals surface area (Å²) < 4.78 is 5.39. The fourth-order valence-electron chi connectivity index (χ4n) is 5.00. The SMILES string of the molecule is C=C1c2cc(OC)ccc2[C@H]2CCC3=CC(=O)CC[C@]3(C)[C@@H]12. The molecule has 0 aromatic heterocycles. The fraction of sp³-hybridized carbons (Fsp3) is 0.450. The van der Waals surface area contributed by atoms with Gasteiger partial charge in [0.05, 0.1) is 7.11 Å². The molecule has 3 aliphatic carbocycles. The second kappa shape index (κ2) is 4.58. The first-order chi connectivity index (χ1) is 10.5. The zero-order chi connectivity index (χ0) is 15.5. The molecule has 0 amide bonds. The van der Waals surface area contributed by atoms with E-state index in [-0.39, 0.29) is 5.41 Å². The van der Waals surface area contributed by atoms with E-state index in [0.717, 1.165) is 25.0 Å². The Labute approximate surface area is 131 Å². The fourth-order valence-corrected chi connectivity index (χ4v) is 5.00. The van der Waals surface area contributed by atoms with Crippen molar-refractivity contribution in [3.8, 4) is 5.75 Å². The second-order valence-corrected chi connectivity index (χ2v) is 7.15. The van der Waals surface area contributed by atoms with Crippen molar-refractivity contribution in [1.82, 2.24) is 0 Å². The molecule has 0 spiro atoms. The molecule has 2 nitrogen and oxygen atoms in total. The van der Waals surface area contributed by atoms with Gasteiger partial charge in [0.1, 0.15) is 5.75 Å². The second-order valence-electron chi connectivity index (χ2n) is 7.15. The van der Waals surface area contributed by atoms with Crippen molar-refractivity contribution < 1.29 is 9.53 Å². The highest BCUT2D eigenvalue weighted by Gasteiger charge is 2.51. The van der Waals surface area contributed by atoms with Crippen LogP contribution in [0.2, 0.25) is 0 Å². The summed E-state index contributed by atoms with van der Waals surface area (Å²) in [7, 11) is 1.71. The minimum atomic E-state index is 0.0974. The van der Waals surface area contributed by atoms with E-state index in [1.54, 1.807) is 7.11 Å². The standard InChI is InChI=1S/C20H22O2/c1-12-18-11-15(22-3)5-7-16(18)17-6-4-13-10-14(21)8-9-20(13,2)19(12)17/h5,7,10-11,17,19H,1,4,6,8-9H2,2-3H3/t17-,19+,20+/m1/s1. The number of benzene rings is 1. The lowest BCUT2D eigenvalue weighted by molar-refractivity contribution is -0.116. The number of fused-ring (bicyclic) bond motifs is 5. The number of allylic oxidation sites excluding steroid dienone is 3. The molecular weight excluding hydrogens is 272 g/mol. The van der Waals surface area contributed by atoms with E-state index in [0.29, 0.717) is 24.0 Å². The predicted octanol–water partition coefficient (Wildman–Crippen LogP) is 4.51. The average Bonchev–Trinajstić information content (AvgIpc) is 2.81. The van der Waals surface area contributed by atoms with Gasteiger partial charge in [0, 0.05) is 6.42 Å². The first-order valence-corrected chi connectivity index (χ1v) is 8.15. The minimum absolute atomic E-state index is 0.0974. The van der Waals surface area contributed by atoms with Gasteiger partial charge < -0.3 is 4.74 Å². The molecule has 0 bridgehead atoms. The summed E-state index contributed by atoms with van der Waals surface area (Å²) in [5, 5.41) is 0. The van der Waals surface area contributed by atoms with E-state index in [1.807, 2.05) is 6.08 Å². The van der Waals surface area contributed by atoms with Crippen LogP contribution in [0.25, 0.3) is 5.57 Å². The van der Waals surface area contributed by atoms with Crippen LogP contribution < -0.4 is 4.74 Å². The zero-order valence-electron chi connectivity index (χ0n) is 13.3. The molecule has 1 fully saturated rings. The Bertz CT molecular complexity index is 712. The molecule has 0 unspecified atom stereocenters. The van der Waals surface area contributed by atoms with Crippen LogP contribution in [0.5, 0.6) is 5.75 Å². The van der Waals surface area contributed by atoms with Crippen molar-refractivity contribution in [3.63, 3.8) is 0 Å². The number of hydrogen-bond donors (Lipinski definition) is 0. The number of rotatable bonds is 1. The van der Waals surface area contributed by atoms with Crippen LogP contribution >= 0.6 is 0 Å². The van der Waals surface area contributed by atoms with Gasteiger partial charge in [0.15, 0.2) is 5.78 Å². The topological polar surface area (TPSA) is 26.3 Å². The highest BCUT2D eigenvalue weighted by molar-refractivity contribution is 5.92. The largest absolute Gasteiger partial charge is 0.497 e. The summed E-state index contributed by atoms with van der Waals surface area (Å²) in [6, 6.07) is 6.42. The van der Waals surface area contributed by atoms with Gasteiger partial charge in [-0.15, -0.1) is 0 Å². The van der Waals surface area contributed by atoms with Crippen LogP contribution in [-0.4, -0.2) is 12.9 Å². The number of hydrogen-bond acceptors (Lipinski definition) is 2. The molecule has 0 aliphatic heterocycles. The molecule has 0 saturated heterocycles. The van der Waals surface area contributed by atoms with Gasteiger partial charge in [0.2, 0.25) is 0 Å². The Morgan fingerprint density at radius 3 is 2.91 bits per heavy atom. The van der Waals surface area contributed by atoms with E-state index in [9.17, 15) is 4.79 Å². The molecule has 3 atom stereocenters. The van der Waals surface area contributed by atoms with E-state index in [1.165, 1.54) is 22.3 Å². The number of ether oxygens (including phenoxy) is 1. The normalized spacial score (nSPS) is 32.9. The molecule has 0 radical (unpaired) electrons. The smallest absolute Gasteiger partial charge is 0.155 e. The molecular formula is C20H22O2. The van der Waals surface area contributed by atoms with Gasteiger partial charge in [-0.25, -0.2) is 0 Å². The Morgan fingerprint density at radius 1 is 1.32 bits per heavy atom. The zero-order valence-corrected chi connectivity index (χ0v) is 13.3. The molecule has 1 aromatic carbocycles. The Kier molecular flexibility index (Phi) is 2.87. The molecule has 3 aliphatic rings. The molecule has 2 heteroatoms. The summed E-state index contributed by atoms with van der Waals surface area (Å²) in [4.78, 5) is 11.8. The van der Waals surface area contributed by atoms with Crippen LogP contribution in [0, 0.1) is 11.3 Å². The maximum absolute atomic E-state index is 11.8. The Morgan fingerprint density at radius 2 is 2.14 bits per heavy atom. The van der Waals surface area contributed by atoms with Crippen LogP contribution in [0.1, 0.15) is 49.7 Å². The lowest BCUT2D eigenvalue weighted by atomic mass is 9.56. The van der Waals surface area contributed by atoms with E-state index < -0.39 is 0 Å². The van der Waals surface area contributed by atoms with Gasteiger partial charge in [-0.1, -0.05) is 25.1 Å². The molecule has 0 heterocycles.